The zero-order valence-electron chi connectivity index (χ0n) is 8.88. The predicted molar refractivity (Wildman–Crippen MR) is 61.8 cm³/mol. The molecule has 0 atom stereocenters. The zero-order valence-corrected chi connectivity index (χ0v) is 9.70. The zero-order chi connectivity index (χ0) is 9.65. The van der Waals surface area contributed by atoms with Gasteiger partial charge in [0.2, 0.25) is 0 Å². The lowest BCUT2D eigenvalue weighted by Gasteiger charge is -2.51. The maximum absolute atomic E-state index is 2.49. The van der Waals surface area contributed by atoms with Crippen LogP contribution in [0, 0.1) is 5.41 Å². The van der Waals surface area contributed by atoms with Crippen molar-refractivity contribution in [2.24, 2.45) is 5.41 Å². The molecule has 1 heteroatoms. The van der Waals surface area contributed by atoms with Crippen LogP contribution in [0.25, 0.3) is 0 Å². The van der Waals surface area contributed by atoms with Crippen molar-refractivity contribution in [2.45, 2.75) is 50.9 Å². The van der Waals surface area contributed by atoms with Crippen molar-refractivity contribution in [1.29, 1.82) is 0 Å². The molecule has 0 unspecified atom stereocenters. The summed E-state index contributed by atoms with van der Waals surface area (Å²) in [7, 11) is 0. The molecule has 0 aliphatic heterocycles. The molecule has 0 N–H and O–H groups in total. The van der Waals surface area contributed by atoms with Gasteiger partial charge in [-0.15, -0.1) is 11.3 Å². The highest BCUT2D eigenvalue weighted by Gasteiger charge is 2.47. The Morgan fingerprint density at radius 1 is 1.07 bits per heavy atom. The summed E-state index contributed by atoms with van der Waals surface area (Å²) in [5, 5.41) is 2.24. The van der Waals surface area contributed by atoms with Gasteiger partial charge in [-0.2, -0.15) is 0 Å². The molecule has 0 radical (unpaired) electrons. The Morgan fingerprint density at radius 3 is 2.21 bits per heavy atom. The van der Waals surface area contributed by atoms with Crippen molar-refractivity contribution < 1.29 is 0 Å². The first-order valence-corrected chi connectivity index (χ1v) is 6.65. The monoisotopic (exact) mass is 206 g/mol. The van der Waals surface area contributed by atoms with E-state index in [1.807, 2.05) is 11.3 Å². The van der Waals surface area contributed by atoms with Crippen molar-refractivity contribution in [3.05, 3.63) is 22.4 Å². The summed E-state index contributed by atoms with van der Waals surface area (Å²) in [5.74, 6) is 0. The average Bonchev–Trinajstić information content (AvgIpc) is 2.73. The lowest BCUT2D eigenvalue weighted by molar-refractivity contribution is 0.0576. The maximum Gasteiger partial charge on any atom is 0.0107 e. The third-order valence-corrected chi connectivity index (χ3v) is 5.78. The summed E-state index contributed by atoms with van der Waals surface area (Å²) in [6.45, 7) is 2.49. The van der Waals surface area contributed by atoms with Crippen LogP contribution in [0.15, 0.2) is 17.5 Å². The second kappa shape index (κ2) is 2.85. The number of rotatable bonds is 1. The molecule has 0 saturated heterocycles. The Kier molecular flexibility index (Phi) is 1.82. The average molecular weight is 206 g/mol. The van der Waals surface area contributed by atoms with Gasteiger partial charge in [0, 0.05) is 10.3 Å². The summed E-state index contributed by atoms with van der Waals surface area (Å²) in [6.07, 6.45) is 8.73. The molecule has 3 saturated carbocycles. The molecule has 1 aromatic rings. The molecule has 1 heterocycles. The second-order valence-electron chi connectivity index (χ2n) is 5.57. The van der Waals surface area contributed by atoms with Crippen LogP contribution in [-0.4, -0.2) is 0 Å². The molecule has 0 spiro atoms. The minimum atomic E-state index is 0.603. The second-order valence-corrected chi connectivity index (χ2v) is 6.52. The fourth-order valence-electron chi connectivity index (χ4n) is 3.32. The van der Waals surface area contributed by atoms with Crippen LogP contribution in [0.5, 0.6) is 0 Å². The van der Waals surface area contributed by atoms with Crippen molar-refractivity contribution in [1.82, 2.24) is 0 Å². The molecule has 2 bridgehead atoms. The number of hydrogen-bond acceptors (Lipinski definition) is 1. The van der Waals surface area contributed by atoms with Gasteiger partial charge in [0.25, 0.3) is 0 Å². The molecule has 0 aromatic carbocycles. The van der Waals surface area contributed by atoms with Crippen LogP contribution in [0.3, 0.4) is 0 Å². The predicted octanol–water partition coefficient (Wildman–Crippen LogP) is 4.36. The van der Waals surface area contributed by atoms with Gasteiger partial charge < -0.3 is 0 Å². The first kappa shape index (κ1) is 8.96. The van der Waals surface area contributed by atoms with Gasteiger partial charge in [0.15, 0.2) is 0 Å². The summed E-state index contributed by atoms with van der Waals surface area (Å²) < 4.78 is 0. The van der Waals surface area contributed by atoms with Crippen LogP contribution < -0.4 is 0 Å². The van der Waals surface area contributed by atoms with Crippen molar-refractivity contribution in [2.75, 3.05) is 0 Å². The minimum absolute atomic E-state index is 0.603. The number of fused-ring (bicyclic) bond motifs is 3. The van der Waals surface area contributed by atoms with Crippen molar-refractivity contribution in [3.8, 4) is 0 Å². The SMILES string of the molecule is CC12CCC(c3cccs3)(CC1)CC2. The lowest BCUT2D eigenvalue weighted by atomic mass is 9.54. The van der Waals surface area contributed by atoms with Crippen LogP contribution in [0.2, 0.25) is 0 Å². The Bertz CT molecular complexity index is 298. The first-order valence-electron chi connectivity index (χ1n) is 5.77. The Balaban J connectivity index is 1.93. The highest BCUT2D eigenvalue weighted by atomic mass is 32.1. The van der Waals surface area contributed by atoms with Crippen molar-refractivity contribution >= 4 is 11.3 Å². The summed E-state index contributed by atoms with van der Waals surface area (Å²) in [4.78, 5) is 1.67. The minimum Gasteiger partial charge on any atom is -0.148 e. The maximum atomic E-state index is 2.49. The molecule has 14 heavy (non-hydrogen) atoms. The highest BCUT2D eigenvalue weighted by Crippen LogP contribution is 2.58. The molecule has 0 amide bonds. The summed E-state index contributed by atoms with van der Waals surface area (Å²) in [6, 6.07) is 4.58. The van der Waals surface area contributed by atoms with Gasteiger partial charge >= 0.3 is 0 Å². The van der Waals surface area contributed by atoms with E-state index in [0.717, 1.165) is 0 Å². The molecule has 3 aliphatic carbocycles. The standard InChI is InChI=1S/C13H18S/c1-12-4-7-13(8-5-12,9-6-12)11-3-2-10-14-11/h2-3,10H,4-9H2,1H3. The van der Waals surface area contributed by atoms with Crippen LogP contribution in [0.4, 0.5) is 0 Å². The molecular formula is C13H18S. The van der Waals surface area contributed by atoms with E-state index in [4.69, 9.17) is 0 Å². The third kappa shape index (κ3) is 1.18. The third-order valence-electron chi connectivity index (χ3n) is 4.67. The smallest absolute Gasteiger partial charge is 0.0107 e. The van der Waals surface area contributed by atoms with Gasteiger partial charge in [0.05, 0.1) is 0 Å². The Labute approximate surface area is 90.3 Å². The first-order chi connectivity index (χ1) is 6.73. The molecule has 3 fully saturated rings. The topological polar surface area (TPSA) is 0 Å². The van der Waals surface area contributed by atoms with Gasteiger partial charge in [-0.25, -0.2) is 0 Å². The number of thiophene rings is 1. The number of hydrogen-bond donors (Lipinski definition) is 0. The summed E-state index contributed by atoms with van der Waals surface area (Å²) >= 11 is 1.98. The van der Waals surface area contributed by atoms with E-state index in [1.165, 1.54) is 38.5 Å². The fourth-order valence-corrected chi connectivity index (χ4v) is 4.34. The molecule has 76 valence electrons. The van der Waals surface area contributed by atoms with Gasteiger partial charge in [-0.05, 0) is 55.4 Å². The van der Waals surface area contributed by atoms with E-state index >= 15 is 0 Å². The highest BCUT2D eigenvalue weighted by molar-refractivity contribution is 7.10. The van der Waals surface area contributed by atoms with E-state index < -0.39 is 0 Å². The van der Waals surface area contributed by atoms with Crippen LogP contribution >= 0.6 is 11.3 Å². The normalized spacial score (nSPS) is 41.5. The molecule has 4 rings (SSSR count). The molecule has 3 aliphatic rings. The van der Waals surface area contributed by atoms with Gasteiger partial charge in [0.1, 0.15) is 0 Å². The largest absolute Gasteiger partial charge is 0.148 e. The fraction of sp³-hybridized carbons (Fsp3) is 0.692. The molecule has 0 nitrogen and oxygen atoms in total. The lowest BCUT2D eigenvalue weighted by Crippen LogP contribution is -2.42. The Hall–Kier alpha value is -0.300. The van der Waals surface area contributed by atoms with E-state index in [1.54, 1.807) is 4.88 Å². The van der Waals surface area contributed by atoms with E-state index in [0.29, 0.717) is 10.8 Å². The van der Waals surface area contributed by atoms with E-state index in [9.17, 15) is 0 Å². The van der Waals surface area contributed by atoms with Gasteiger partial charge in [-0.3, -0.25) is 0 Å². The van der Waals surface area contributed by atoms with E-state index in [-0.39, 0.29) is 0 Å². The Morgan fingerprint density at radius 2 is 1.71 bits per heavy atom. The summed E-state index contributed by atoms with van der Waals surface area (Å²) in [5.41, 5.74) is 1.31. The molecule has 1 aromatic heterocycles. The van der Waals surface area contributed by atoms with Crippen LogP contribution in [0.1, 0.15) is 50.3 Å². The molecular weight excluding hydrogens is 188 g/mol. The van der Waals surface area contributed by atoms with Gasteiger partial charge in [-0.1, -0.05) is 13.0 Å². The van der Waals surface area contributed by atoms with Crippen molar-refractivity contribution in [3.63, 3.8) is 0 Å². The van der Waals surface area contributed by atoms with E-state index in [2.05, 4.69) is 24.4 Å². The quantitative estimate of drug-likeness (QED) is 0.640. The van der Waals surface area contributed by atoms with Crippen LogP contribution in [-0.2, 0) is 5.41 Å².